The third kappa shape index (κ3) is 17.5. The molecule has 0 bridgehead atoms. The SMILES string of the molecule is CCCCCCC(O)C/C=C\CCCCCCCC(=O)OCOC. The molecule has 0 radical (unpaired) electrons. The highest BCUT2D eigenvalue weighted by Crippen LogP contribution is 2.10. The van der Waals surface area contributed by atoms with Crippen LogP contribution in [-0.4, -0.2) is 31.1 Å². The highest BCUT2D eigenvalue weighted by atomic mass is 16.7. The molecule has 4 heteroatoms. The average Bonchev–Trinajstić information content (AvgIpc) is 2.58. The van der Waals surface area contributed by atoms with E-state index < -0.39 is 0 Å². The number of aliphatic hydroxyl groups excluding tert-OH is 1. The van der Waals surface area contributed by atoms with Crippen molar-refractivity contribution in [3.05, 3.63) is 12.2 Å². The van der Waals surface area contributed by atoms with E-state index >= 15 is 0 Å². The largest absolute Gasteiger partial charge is 0.438 e. The van der Waals surface area contributed by atoms with Crippen molar-refractivity contribution in [3.63, 3.8) is 0 Å². The van der Waals surface area contributed by atoms with E-state index in [-0.39, 0.29) is 18.9 Å². The lowest BCUT2D eigenvalue weighted by molar-refractivity contribution is -0.154. The van der Waals surface area contributed by atoms with Gasteiger partial charge in [0.25, 0.3) is 0 Å². The lowest BCUT2D eigenvalue weighted by atomic mass is 10.1. The van der Waals surface area contributed by atoms with Crippen LogP contribution in [0.25, 0.3) is 0 Å². The van der Waals surface area contributed by atoms with E-state index in [1.807, 2.05) is 0 Å². The molecule has 0 aliphatic carbocycles. The lowest BCUT2D eigenvalue weighted by Crippen LogP contribution is -2.06. The lowest BCUT2D eigenvalue weighted by Gasteiger charge is -2.07. The smallest absolute Gasteiger partial charge is 0.307 e. The molecule has 0 spiro atoms. The molecule has 0 aromatic rings. The number of aliphatic hydroxyl groups is 1. The van der Waals surface area contributed by atoms with E-state index in [2.05, 4.69) is 23.8 Å². The number of rotatable bonds is 17. The van der Waals surface area contributed by atoms with Gasteiger partial charge in [-0.25, -0.2) is 0 Å². The second kappa shape index (κ2) is 18.5. The first-order valence-corrected chi connectivity index (χ1v) is 9.68. The number of esters is 1. The Bertz CT molecular complexity index is 302. The molecular formula is C20H38O4. The van der Waals surface area contributed by atoms with Gasteiger partial charge in [-0.05, 0) is 32.1 Å². The molecule has 0 saturated carbocycles. The molecule has 0 heterocycles. The Kier molecular flexibility index (Phi) is 17.8. The van der Waals surface area contributed by atoms with Crippen LogP contribution in [0, 0.1) is 0 Å². The van der Waals surface area contributed by atoms with Gasteiger partial charge in [-0.2, -0.15) is 0 Å². The number of allylic oxidation sites excluding steroid dienone is 1. The number of hydrogen-bond donors (Lipinski definition) is 1. The summed E-state index contributed by atoms with van der Waals surface area (Å²) in [6.45, 7) is 2.26. The van der Waals surface area contributed by atoms with Gasteiger partial charge >= 0.3 is 5.97 Å². The van der Waals surface area contributed by atoms with E-state index in [1.165, 1.54) is 39.2 Å². The summed E-state index contributed by atoms with van der Waals surface area (Å²) in [6, 6.07) is 0. The molecule has 0 rings (SSSR count). The summed E-state index contributed by atoms with van der Waals surface area (Å²) in [7, 11) is 1.51. The molecule has 0 fully saturated rings. The Morgan fingerprint density at radius 1 is 1.00 bits per heavy atom. The maximum absolute atomic E-state index is 11.2. The summed E-state index contributed by atoms with van der Waals surface area (Å²) in [4.78, 5) is 11.2. The Morgan fingerprint density at radius 2 is 1.71 bits per heavy atom. The molecule has 24 heavy (non-hydrogen) atoms. The molecule has 0 aliphatic rings. The predicted molar refractivity (Wildman–Crippen MR) is 98.8 cm³/mol. The fourth-order valence-corrected chi connectivity index (χ4v) is 2.55. The summed E-state index contributed by atoms with van der Waals surface area (Å²) in [5.41, 5.74) is 0. The van der Waals surface area contributed by atoms with Crippen molar-refractivity contribution in [2.75, 3.05) is 13.9 Å². The minimum absolute atomic E-state index is 0.0542. The fourth-order valence-electron chi connectivity index (χ4n) is 2.55. The first-order valence-electron chi connectivity index (χ1n) is 9.68. The second-order valence-corrected chi connectivity index (χ2v) is 6.44. The van der Waals surface area contributed by atoms with E-state index in [0.29, 0.717) is 6.42 Å². The standard InChI is InChI=1S/C20H38O4/c1-3-4-5-12-15-19(21)16-13-10-8-6-7-9-11-14-17-20(22)24-18-23-2/h10,13,19,21H,3-9,11-12,14-18H2,1-2H3/b13-10-. The van der Waals surface area contributed by atoms with Crippen molar-refractivity contribution in [1.82, 2.24) is 0 Å². The van der Waals surface area contributed by atoms with Gasteiger partial charge in [-0.1, -0.05) is 64.0 Å². The van der Waals surface area contributed by atoms with Gasteiger partial charge in [0.1, 0.15) is 0 Å². The van der Waals surface area contributed by atoms with Crippen LogP contribution in [-0.2, 0) is 14.3 Å². The minimum Gasteiger partial charge on any atom is -0.438 e. The number of ether oxygens (including phenoxy) is 2. The van der Waals surface area contributed by atoms with Gasteiger partial charge in [0.2, 0.25) is 0 Å². The number of hydrogen-bond acceptors (Lipinski definition) is 4. The van der Waals surface area contributed by atoms with Gasteiger partial charge in [0.15, 0.2) is 6.79 Å². The van der Waals surface area contributed by atoms with E-state index in [0.717, 1.165) is 44.9 Å². The van der Waals surface area contributed by atoms with Crippen LogP contribution in [0.15, 0.2) is 12.2 Å². The van der Waals surface area contributed by atoms with Crippen molar-refractivity contribution in [2.45, 2.75) is 96.5 Å². The maximum atomic E-state index is 11.2. The Hall–Kier alpha value is -0.870. The minimum atomic E-state index is -0.173. The Morgan fingerprint density at radius 3 is 2.46 bits per heavy atom. The summed E-state index contributed by atoms with van der Waals surface area (Å²) in [5, 5.41) is 9.85. The zero-order chi connectivity index (χ0) is 17.9. The van der Waals surface area contributed by atoms with Gasteiger partial charge in [-0.3, -0.25) is 4.79 Å². The normalized spacial score (nSPS) is 12.6. The topological polar surface area (TPSA) is 55.8 Å². The van der Waals surface area contributed by atoms with Crippen molar-refractivity contribution in [1.29, 1.82) is 0 Å². The number of unbranched alkanes of at least 4 members (excludes halogenated alkanes) is 8. The van der Waals surface area contributed by atoms with Crippen LogP contribution >= 0.6 is 0 Å². The zero-order valence-electron chi connectivity index (χ0n) is 15.8. The molecule has 1 atom stereocenters. The molecule has 0 saturated heterocycles. The van der Waals surface area contributed by atoms with Crippen LogP contribution < -0.4 is 0 Å². The van der Waals surface area contributed by atoms with E-state index in [1.54, 1.807) is 0 Å². The first kappa shape index (κ1) is 23.1. The molecule has 142 valence electrons. The molecule has 0 aromatic carbocycles. The monoisotopic (exact) mass is 342 g/mol. The van der Waals surface area contributed by atoms with Crippen LogP contribution in [0.1, 0.15) is 90.4 Å². The second-order valence-electron chi connectivity index (χ2n) is 6.44. The quantitative estimate of drug-likeness (QED) is 0.172. The molecule has 1 unspecified atom stereocenters. The molecule has 0 aromatic heterocycles. The van der Waals surface area contributed by atoms with Crippen molar-refractivity contribution >= 4 is 5.97 Å². The van der Waals surface area contributed by atoms with Gasteiger partial charge in [0.05, 0.1) is 6.10 Å². The predicted octanol–water partition coefficient (Wildman–Crippen LogP) is 5.14. The summed E-state index contributed by atoms with van der Waals surface area (Å²) in [6.07, 6.45) is 17.8. The van der Waals surface area contributed by atoms with Gasteiger partial charge in [0, 0.05) is 13.5 Å². The Labute approximate surface area is 148 Å². The van der Waals surface area contributed by atoms with Gasteiger partial charge < -0.3 is 14.6 Å². The van der Waals surface area contributed by atoms with Crippen LogP contribution in [0.2, 0.25) is 0 Å². The number of methoxy groups -OCH3 is 1. The third-order valence-corrected chi connectivity index (χ3v) is 4.06. The van der Waals surface area contributed by atoms with Crippen LogP contribution in [0.3, 0.4) is 0 Å². The van der Waals surface area contributed by atoms with E-state index in [9.17, 15) is 9.90 Å². The highest BCUT2D eigenvalue weighted by molar-refractivity contribution is 5.69. The fraction of sp³-hybridized carbons (Fsp3) is 0.850. The molecule has 0 amide bonds. The van der Waals surface area contributed by atoms with Crippen LogP contribution in [0.5, 0.6) is 0 Å². The van der Waals surface area contributed by atoms with Crippen molar-refractivity contribution in [2.24, 2.45) is 0 Å². The summed E-state index contributed by atoms with van der Waals surface area (Å²) < 4.78 is 9.51. The number of carbonyl (C=O) groups is 1. The third-order valence-electron chi connectivity index (χ3n) is 4.06. The van der Waals surface area contributed by atoms with Crippen molar-refractivity contribution < 1.29 is 19.4 Å². The molecule has 1 N–H and O–H groups in total. The molecule has 4 nitrogen and oxygen atoms in total. The molecular weight excluding hydrogens is 304 g/mol. The molecule has 0 aliphatic heterocycles. The number of carbonyl (C=O) groups excluding carboxylic acids is 1. The van der Waals surface area contributed by atoms with E-state index in [4.69, 9.17) is 4.74 Å². The summed E-state index contributed by atoms with van der Waals surface area (Å²) >= 11 is 0. The van der Waals surface area contributed by atoms with Crippen LogP contribution in [0.4, 0.5) is 0 Å². The summed E-state index contributed by atoms with van der Waals surface area (Å²) in [5.74, 6) is -0.173. The Balaban J connectivity index is 3.30. The van der Waals surface area contributed by atoms with Crippen molar-refractivity contribution in [3.8, 4) is 0 Å². The average molecular weight is 343 g/mol. The highest BCUT2D eigenvalue weighted by Gasteiger charge is 2.02. The zero-order valence-corrected chi connectivity index (χ0v) is 15.8. The van der Waals surface area contributed by atoms with Gasteiger partial charge in [-0.15, -0.1) is 0 Å². The first-order chi connectivity index (χ1) is 11.7. The maximum Gasteiger partial charge on any atom is 0.307 e.